The molecule has 0 unspecified atom stereocenters. The minimum atomic E-state index is -1.86. The van der Waals surface area contributed by atoms with Gasteiger partial charge in [0.25, 0.3) is 0 Å². The Morgan fingerprint density at radius 3 is 1.29 bits per heavy atom. The molecule has 1 nitrogen and oxygen atoms in total. The van der Waals surface area contributed by atoms with E-state index in [9.17, 15) is 4.80 Å². The normalized spacial score (nSPS) is 11.0. The molecule has 0 aromatic heterocycles. The SMILES string of the molecule is CC(C)[CH2][Al+][CH2]C(C)C.C[Si](C)(C)[O-]. The topological polar surface area (TPSA) is 23.1 Å². The van der Waals surface area contributed by atoms with Crippen molar-refractivity contribution in [1.82, 2.24) is 0 Å². The molecule has 0 fully saturated rings. The summed E-state index contributed by atoms with van der Waals surface area (Å²) >= 11 is 0.755. The fourth-order valence-electron chi connectivity index (χ4n) is 0.763. The first-order valence-electron chi connectivity index (χ1n) is 5.65. The van der Waals surface area contributed by atoms with Gasteiger partial charge in [0.1, 0.15) is 0 Å². The van der Waals surface area contributed by atoms with Crippen molar-refractivity contribution in [3.63, 3.8) is 0 Å². The van der Waals surface area contributed by atoms with E-state index < -0.39 is 8.32 Å². The van der Waals surface area contributed by atoms with Gasteiger partial charge in [-0.05, 0) is 0 Å². The molecule has 0 bridgehead atoms. The molecule has 0 N–H and O–H groups in total. The van der Waals surface area contributed by atoms with E-state index in [1.165, 1.54) is 10.6 Å². The first-order chi connectivity index (χ1) is 6.13. The summed E-state index contributed by atoms with van der Waals surface area (Å²) in [4.78, 5) is 10.2. The van der Waals surface area contributed by atoms with Crippen molar-refractivity contribution in [2.45, 2.75) is 57.9 Å². The van der Waals surface area contributed by atoms with Crippen molar-refractivity contribution in [1.29, 1.82) is 0 Å². The molecule has 0 aliphatic heterocycles. The van der Waals surface area contributed by atoms with Gasteiger partial charge in [0, 0.05) is 0 Å². The Morgan fingerprint density at radius 2 is 1.14 bits per heavy atom. The van der Waals surface area contributed by atoms with Gasteiger partial charge in [-0.25, -0.2) is 0 Å². The molecular formula is C11H27AlOSi. The van der Waals surface area contributed by atoms with E-state index in [-0.39, 0.29) is 0 Å². The van der Waals surface area contributed by atoms with Gasteiger partial charge in [0.15, 0.2) is 0 Å². The van der Waals surface area contributed by atoms with Crippen LogP contribution in [0.1, 0.15) is 27.7 Å². The van der Waals surface area contributed by atoms with Crippen LogP contribution in [0.25, 0.3) is 0 Å². The standard InChI is InChI=1S/2C4H9.C3H9OSi.Al/c2*1-4(2)3;1-5(2,3)4;/h2*4H,1H2,2-3H3;1-3H3;/q;;-1;+1. The smallest absolute Gasteiger partial charge is 0.0576 e. The average molecular weight is 230 g/mol. The summed E-state index contributed by atoms with van der Waals surface area (Å²) in [6.45, 7) is 14.6. The Hall–Kier alpha value is 0.709. The Labute approximate surface area is 98.1 Å². The molecule has 0 amide bonds. The van der Waals surface area contributed by atoms with Crippen molar-refractivity contribution in [3.8, 4) is 0 Å². The third kappa shape index (κ3) is 38.7. The summed E-state index contributed by atoms with van der Waals surface area (Å²) < 4.78 is 0. The molecule has 0 aliphatic carbocycles. The van der Waals surface area contributed by atoms with E-state index in [0.29, 0.717) is 0 Å². The number of hydrogen-bond donors (Lipinski definition) is 0. The third-order valence-electron chi connectivity index (χ3n) is 1.28. The van der Waals surface area contributed by atoms with Gasteiger partial charge < -0.3 is 4.80 Å². The van der Waals surface area contributed by atoms with Gasteiger partial charge in [-0.1, -0.05) is 28.0 Å². The molecule has 0 saturated heterocycles. The first kappa shape index (κ1) is 17.1. The van der Waals surface area contributed by atoms with E-state index >= 15 is 0 Å². The summed E-state index contributed by atoms with van der Waals surface area (Å²) in [6.07, 6.45) is 0. The van der Waals surface area contributed by atoms with Crippen LogP contribution in [-0.2, 0) is 0 Å². The van der Waals surface area contributed by atoms with Gasteiger partial charge >= 0.3 is 65.3 Å². The van der Waals surface area contributed by atoms with Crippen LogP contribution in [0.15, 0.2) is 0 Å². The minimum Gasteiger partial charge on any atom is -0.859 e. The van der Waals surface area contributed by atoms with E-state index in [1.54, 1.807) is 19.6 Å². The summed E-state index contributed by atoms with van der Waals surface area (Å²) in [7, 11) is -1.86. The Kier molecular flexibility index (Phi) is 11.0. The van der Waals surface area contributed by atoms with Gasteiger partial charge in [-0.3, -0.25) is 0 Å². The van der Waals surface area contributed by atoms with Crippen molar-refractivity contribution < 1.29 is 4.80 Å². The van der Waals surface area contributed by atoms with Crippen LogP contribution >= 0.6 is 0 Å². The third-order valence-corrected chi connectivity index (χ3v) is 3.83. The quantitative estimate of drug-likeness (QED) is 0.681. The fourth-order valence-corrected chi connectivity index (χ4v) is 2.29. The molecule has 0 aromatic carbocycles. The van der Waals surface area contributed by atoms with E-state index in [4.69, 9.17) is 0 Å². The zero-order chi connectivity index (χ0) is 11.8. The molecule has 0 saturated carbocycles. The molecule has 0 spiro atoms. The predicted octanol–water partition coefficient (Wildman–Crippen LogP) is 3.02. The van der Waals surface area contributed by atoms with Crippen molar-refractivity contribution >= 4 is 23.5 Å². The average Bonchev–Trinajstić information content (AvgIpc) is 1.80. The largest absolute Gasteiger partial charge is 0.859 e. The Bertz CT molecular complexity index is 105. The van der Waals surface area contributed by atoms with Crippen molar-refractivity contribution in [2.75, 3.05) is 0 Å². The maximum absolute atomic E-state index is 10.2. The molecule has 0 atom stereocenters. The first-order valence-corrected chi connectivity index (χ1v) is 10.7. The Morgan fingerprint density at radius 1 is 0.929 bits per heavy atom. The second-order valence-electron chi connectivity index (χ2n) is 5.66. The molecule has 14 heavy (non-hydrogen) atoms. The zero-order valence-corrected chi connectivity index (χ0v) is 13.2. The van der Waals surface area contributed by atoms with E-state index in [0.717, 1.165) is 27.1 Å². The maximum atomic E-state index is 10.2. The van der Waals surface area contributed by atoms with Crippen LogP contribution in [0.2, 0.25) is 30.2 Å². The van der Waals surface area contributed by atoms with Gasteiger partial charge in [0.05, 0.1) is 0 Å². The van der Waals surface area contributed by atoms with E-state index in [2.05, 4.69) is 27.7 Å². The minimum absolute atomic E-state index is 0.755. The summed E-state index contributed by atoms with van der Waals surface area (Å²) in [5.74, 6) is 1.86. The fraction of sp³-hybridized carbons (Fsp3) is 1.00. The van der Waals surface area contributed by atoms with Crippen LogP contribution in [0.5, 0.6) is 0 Å². The second-order valence-corrected chi connectivity index (χ2v) is 11.4. The molecule has 0 rings (SSSR count). The van der Waals surface area contributed by atoms with Crippen LogP contribution in [0.3, 0.4) is 0 Å². The molecule has 0 aromatic rings. The van der Waals surface area contributed by atoms with Gasteiger partial charge in [-0.2, -0.15) is 0 Å². The molecule has 0 radical (unpaired) electrons. The molecule has 0 heterocycles. The second kappa shape index (κ2) is 8.97. The number of rotatable bonds is 4. The van der Waals surface area contributed by atoms with Crippen LogP contribution in [0.4, 0.5) is 0 Å². The van der Waals surface area contributed by atoms with Crippen molar-refractivity contribution in [3.05, 3.63) is 0 Å². The summed E-state index contributed by atoms with van der Waals surface area (Å²) in [5.41, 5.74) is 0. The predicted molar refractivity (Wildman–Crippen MR) is 68.4 cm³/mol. The van der Waals surface area contributed by atoms with Crippen LogP contribution in [0, 0.1) is 11.8 Å². The van der Waals surface area contributed by atoms with E-state index in [1.807, 2.05) is 0 Å². The monoisotopic (exact) mass is 230 g/mol. The summed E-state index contributed by atoms with van der Waals surface area (Å²) in [5, 5.41) is 2.97. The van der Waals surface area contributed by atoms with Crippen LogP contribution in [-0.4, -0.2) is 23.5 Å². The molecular weight excluding hydrogens is 203 g/mol. The van der Waals surface area contributed by atoms with Crippen LogP contribution < -0.4 is 4.80 Å². The zero-order valence-electron chi connectivity index (χ0n) is 11.1. The maximum Gasteiger partial charge on any atom is -0.0576 e. The molecule has 3 heteroatoms. The number of hydrogen-bond acceptors (Lipinski definition) is 1. The van der Waals surface area contributed by atoms with Gasteiger partial charge in [-0.15, -0.1) is 0 Å². The summed E-state index contributed by atoms with van der Waals surface area (Å²) in [6, 6.07) is 0. The molecule has 84 valence electrons. The van der Waals surface area contributed by atoms with Gasteiger partial charge in [0.2, 0.25) is 0 Å². The molecule has 0 aliphatic rings. The Balaban J connectivity index is 0. The van der Waals surface area contributed by atoms with Crippen molar-refractivity contribution in [2.24, 2.45) is 11.8 Å².